The van der Waals surface area contributed by atoms with Gasteiger partial charge in [0.2, 0.25) is 0 Å². The number of benzene rings is 3. The first kappa shape index (κ1) is 26.0. The number of rotatable bonds is 8. The van der Waals surface area contributed by atoms with Crippen LogP contribution in [-0.2, 0) is 10.1 Å². The van der Waals surface area contributed by atoms with Gasteiger partial charge in [0.1, 0.15) is 4.90 Å². The summed E-state index contributed by atoms with van der Waals surface area (Å²) in [5, 5.41) is 4.35. The summed E-state index contributed by atoms with van der Waals surface area (Å²) in [6, 6.07) is 13.5. The summed E-state index contributed by atoms with van der Waals surface area (Å²) in [6.07, 6.45) is 1.39. The van der Waals surface area contributed by atoms with Crippen LogP contribution in [0.2, 0.25) is 5.02 Å². The van der Waals surface area contributed by atoms with Gasteiger partial charge in [-0.2, -0.15) is 13.5 Å². The lowest BCUT2D eigenvalue weighted by Gasteiger charge is -2.11. The normalized spacial score (nSPS) is 11.3. The Kier molecular flexibility index (Phi) is 8.58. The van der Waals surface area contributed by atoms with Gasteiger partial charge in [-0.3, -0.25) is 4.79 Å². The molecule has 0 aromatic heterocycles. The number of methoxy groups -OCH3 is 2. The molecule has 1 amide bonds. The minimum atomic E-state index is -4.09. The molecule has 3 aromatic carbocycles. The van der Waals surface area contributed by atoms with E-state index in [1.54, 1.807) is 24.3 Å². The predicted octanol–water partition coefficient (Wildman–Crippen LogP) is 5.41. The fourth-order valence-corrected chi connectivity index (χ4v) is 5.39. The standard InChI is InChI=1S/C22H17Br2ClN2O6S/c1-31-19-8-3-14(11-20(19)32-2)22(28)27-26-12-13-9-17(23)21(18(24)10-13)33-34(29,30)16-6-4-15(25)5-7-16/h3-12H,1-2H3,(H,27,28)/b26-12+. The summed E-state index contributed by atoms with van der Waals surface area (Å²) in [6.45, 7) is 0. The van der Waals surface area contributed by atoms with Gasteiger partial charge < -0.3 is 13.7 Å². The average Bonchev–Trinajstić information content (AvgIpc) is 2.81. The highest BCUT2D eigenvalue weighted by Crippen LogP contribution is 2.36. The maximum absolute atomic E-state index is 12.6. The topological polar surface area (TPSA) is 103 Å². The third-order valence-corrected chi connectivity index (χ3v) is 7.01. The van der Waals surface area contributed by atoms with Crippen molar-refractivity contribution >= 4 is 65.7 Å². The summed E-state index contributed by atoms with van der Waals surface area (Å²) in [5.41, 5.74) is 3.30. The van der Waals surface area contributed by atoms with Crippen LogP contribution in [0.25, 0.3) is 0 Å². The van der Waals surface area contributed by atoms with E-state index in [9.17, 15) is 13.2 Å². The molecule has 0 saturated carbocycles. The molecule has 0 aliphatic rings. The zero-order valence-electron chi connectivity index (χ0n) is 17.7. The van der Waals surface area contributed by atoms with Gasteiger partial charge in [0, 0.05) is 10.6 Å². The maximum atomic E-state index is 12.6. The van der Waals surface area contributed by atoms with Crippen molar-refractivity contribution < 1.29 is 26.9 Å². The molecule has 0 spiro atoms. The molecule has 34 heavy (non-hydrogen) atoms. The molecular formula is C22H17Br2ClN2O6S. The van der Waals surface area contributed by atoms with Gasteiger partial charge in [-0.05, 0) is 92.0 Å². The molecule has 0 atom stereocenters. The third kappa shape index (κ3) is 6.29. The number of amides is 1. The number of carbonyl (C=O) groups is 1. The van der Waals surface area contributed by atoms with Crippen LogP contribution in [0.1, 0.15) is 15.9 Å². The van der Waals surface area contributed by atoms with Crippen LogP contribution in [0.5, 0.6) is 17.2 Å². The molecule has 3 aromatic rings. The van der Waals surface area contributed by atoms with E-state index in [2.05, 4.69) is 42.4 Å². The number of hydrazone groups is 1. The first-order chi connectivity index (χ1) is 16.1. The summed E-state index contributed by atoms with van der Waals surface area (Å²) in [4.78, 5) is 12.3. The van der Waals surface area contributed by atoms with Crippen LogP contribution < -0.4 is 19.1 Å². The van der Waals surface area contributed by atoms with Crippen molar-refractivity contribution in [3.63, 3.8) is 0 Å². The summed E-state index contributed by atoms with van der Waals surface area (Å²) >= 11 is 12.4. The zero-order chi connectivity index (χ0) is 24.9. The Balaban J connectivity index is 1.73. The molecule has 0 aliphatic heterocycles. The molecule has 0 saturated heterocycles. The van der Waals surface area contributed by atoms with Gasteiger partial charge in [0.25, 0.3) is 5.91 Å². The molecule has 0 radical (unpaired) electrons. The van der Waals surface area contributed by atoms with E-state index < -0.39 is 16.0 Å². The van der Waals surface area contributed by atoms with Crippen LogP contribution >= 0.6 is 43.5 Å². The van der Waals surface area contributed by atoms with Crippen molar-refractivity contribution in [3.8, 4) is 17.2 Å². The minimum absolute atomic E-state index is 0.0424. The SMILES string of the molecule is COc1ccc(C(=O)N/N=C/c2cc(Br)c(OS(=O)(=O)c3ccc(Cl)cc3)c(Br)c2)cc1OC. The maximum Gasteiger partial charge on any atom is 0.339 e. The predicted molar refractivity (Wildman–Crippen MR) is 136 cm³/mol. The fraction of sp³-hybridized carbons (Fsp3) is 0.0909. The van der Waals surface area contributed by atoms with Gasteiger partial charge in [-0.1, -0.05) is 11.6 Å². The van der Waals surface area contributed by atoms with Crippen molar-refractivity contribution in [1.82, 2.24) is 5.43 Å². The van der Waals surface area contributed by atoms with Crippen molar-refractivity contribution in [2.45, 2.75) is 4.90 Å². The number of carbonyl (C=O) groups excluding carboxylic acids is 1. The van der Waals surface area contributed by atoms with Crippen LogP contribution in [-0.4, -0.2) is 34.8 Å². The van der Waals surface area contributed by atoms with Gasteiger partial charge in [-0.15, -0.1) is 0 Å². The fourth-order valence-electron chi connectivity index (χ4n) is 2.70. The number of halogens is 3. The molecule has 1 N–H and O–H groups in total. The van der Waals surface area contributed by atoms with E-state index in [0.29, 0.717) is 36.6 Å². The second-order valence-electron chi connectivity index (χ2n) is 6.57. The number of ether oxygens (including phenoxy) is 2. The molecule has 8 nitrogen and oxygen atoms in total. The van der Waals surface area contributed by atoms with E-state index in [-0.39, 0.29) is 10.6 Å². The van der Waals surface area contributed by atoms with Crippen LogP contribution in [0.15, 0.2) is 73.5 Å². The molecule has 0 bridgehead atoms. The Morgan fingerprint density at radius 2 is 1.59 bits per heavy atom. The minimum Gasteiger partial charge on any atom is -0.493 e. The number of nitrogens with zero attached hydrogens (tertiary/aromatic N) is 1. The highest BCUT2D eigenvalue weighted by Gasteiger charge is 2.20. The van der Waals surface area contributed by atoms with Crippen molar-refractivity contribution in [3.05, 3.63) is 79.7 Å². The second kappa shape index (κ2) is 11.2. The molecule has 12 heteroatoms. The highest BCUT2D eigenvalue weighted by molar-refractivity contribution is 9.11. The lowest BCUT2D eigenvalue weighted by molar-refractivity contribution is 0.0954. The molecule has 178 valence electrons. The zero-order valence-corrected chi connectivity index (χ0v) is 22.5. The first-order valence-corrected chi connectivity index (χ1v) is 12.8. The van der Waals surface area contributed by atoms with Gasteiger partial charge >= 0.3 is 10.1 Å². The largest absolute Gasteiger partial charge is 0.493 e. The quantitative estimate of drug-likeness (QED) is 0.202. The first-order valence-electron chi connectivity index (χ1n) is 9.39. The van der Waals surface area contributed by atoms with Crippen LogP contribution in [0.3, 0.4) is 0 Å². The summed E-state index contributed by atoms with van der Waals surface area (Å²) < 4.78 is 41.5. The molecule has 0 fully saturated rings. The lowest BCUT2D eigenvalue weighted by Crippen LogP contribution is -2.17. The van der Waals surface area contributed by atoms with E-state index in [0.717, 1.165) is 0 Å². The lowest BCUT2D eigenvalue weighted by atomic mass is 10.2. The van der Waals surface area contributed by atoms with Gasteiger partial charge in [-0.25, -0.2) is 5.43 Å². The Bertz CT molecular complexity index is 1320. The van der Waals surface area contributed by atoms with Crippen LogP contribution in [0, 0.1) is 0 Å². The Hall–Kier alpha value is -2.60. The van der Waals surface area contributed by atoms with Gasteiger partial charge in [0.05, 0.1) is 29.4 Å². The van der Waals surface area contributed by atoms with E-state index in [1.165, 1.54) is 50.8 Å². The van der Waals surface area contributed by atoms with Crippen molar-refractivity contribution in [1.29, 1.82) is 0 Å². The van der Waals surface area contributed by atoms with E-state index in [1.807, 2.05) is 0 Å². The Morgan fingerprint density at radius 1 is 0.971 bits per heavy atom. The molecule has 0 unspecified atom stereocenters. The number of nitrogens with one attached hydrogen (secondary N) is 1. The molecular weight excluding hydrogens is 616 g/mol. The van der Waals surface area contributed by atoms with E-state index in [4.69, 9.17) is 25.3 Å². The van der Waals surface area contributed by atoms with Gasteiger partial charge in [0.15, 0.2) is 17.2 Å². The smallest absolute Gasteiger partial charge is 0.339 e. The summed E-state index contributed by atoms with van der Waals surface area (Å²) in [5.74, 6) is 0.513. The third-order valence-electron chi connectivity index (χ3n) is 4.34. The monoisotopic (exact) mass is 630 g/mol. The molecule has 0 aliphatic carbocycles. The Morgan fingerprint density at radius 3 is 2.18 bits per heavy atom. The van der Waals surface area contributed by atoms with Crippen LogP contribution in [0.4, 0.5) is 0 Å². The summed E-state index contributed by atoms with van der Waals surface area (Å²) in [7, 11) is -1.11. The second-order valence-corrected chi connectivity index (χ2v) is 10.3. The highest BCUT2D eigenvalue weighted by atomic mass is 79.9. The number of hydrogen-bond donors (Lipinski definition) is 1. The van der Waals surface area contributed by atoms with Crippen molar-refractivity contribution in [2.75, 3.05) is 14.2 Å². The number of hydrogen-bond acceptors (Lipinski definition) is 7. The Labute approximate surface area is 218 Å². The van der Waals surface area contributed by atoms with E-state index >= 15 is 0 Å². The molecule has 3 rings (SSSR count). The van der Waals surface area contributed by atoms with Crippen molar-refractivity contribution in [2.24, 2.45) is 5.10 Å². The molecule has 0 heterocycles. The average molecular weight is 633 g/mol.